The molecule has 0 unspecified atom stereocenters. The maximum Gasteiger partial charge on any atom is 0.221 e. The quantitative estimate of drug-likeness (QED) is 0.356. The summed E-state index contributed by atoms with van der Waals surface area (Å²) in [4.78, 5) is 15.2. The summed E-state index contributed by atoms with van der Waals surface area (Å²) in [5, 5.41) is 5.29. The van der Waals surface area contributed by atoms with Crippen molar-refractivity contribution in [3.8, 4) is 0 Å². The van der Waals surface area contributed by atoms with E-state index < -0.39 is 0 Å². The predicted molar refractivity (Wildman–Crippen MR) is 131 cm³/mol. The average Bonchev–Trinajstić information content (AvgIpc) is 3.10. The average molecular weight is 433 g/mol. The van der Waals surface area contributed by atoms with Crippen LogP contribution in [0.1, 0.15) is 45.7 Å². The molecule has 3 aromatic rings. The Hall–Kier alpha value is -2.79. The van der Waals surface area contributed by atoms with Crippen LogP contribution in [0.5, 0.6) is 0 Å². The normalized spacial score (nSPS) is 14.3. The fourth-order valence-electron chi connectivity index (χ4n) is 4.14. The predicted octanol–water partition coefficient (Wildman–Crippen LogP) is 6.21. The van der Waals surface area contributed by atoms with Gasteiger partial charge in [-0.3, -0.25) is 4.79 Å². The number of nitrogens with zero attached hydrogens (tertiary/aromatic N) is 2. The number of hydrogen-bond acceptors (Lipinski definition) is 3. The van der Waals surface area contributed by atoms with Crippen molar-refractivity contribution in [3.63, 3.8) is 0 Å². The number of aromatic nitrogens is 1. The van der Waals surface area contributed by atoms with Crippen molar-refractivity contribution in [2.75, 3.05) is 16.8 Å². The molecule has 2 aromatic carbocycles. The molecule has 160 valence electrons. The highest BCUT2D eigenvalue weighted by atomic mass is 32.2. The first kappa shape index (κ1) is 21.4. The number of nitrogens with one attached hydrogen (secondary N) is 1. The van der Waals surface area contributed by atoms with Crippen LogP contribution < -0.4 is 14.8 Å². The maximum absolute atomic E-state index is 11.4. The molecule has 0 bridgehead atoms. The molecule has 0 saturated heterocycles. The van der Waals surface area contributed by atoms with Crippen LogP contribution in [0.15, 0.2) is 64.5 Å². The van der Waals surface area contributed by atoms with Crippen LogP contribution in [0.2, 0.25) is 0 Å². The lowest BCUT2D eigenvalue weighted by Gasteiger charge is -2.20. The zero-order valence-electron chi connectivity index (χ0n) is 18.5. The monoisotopic (exact) mass is 432 g/mol. The van der Waals surface area contributed by atoms with E-state index >= 15 is 0 Å². The molecule has 2 heterocycles. The molecule has 4 rings (SSSR count). The number of hydrogen-bond donors (Lipinski definition) is 1. The molecule has 0 saturated carbocycles. The first-order chi connectivity index (χ1) is 15.1. The zero-order valence-corrected chi connectivity index (χ0v) is 19.3. The molecule has 1 aliphatic heterocycles. The van der Waals surface area contributed by atoms with Crippen molar-refractivity contribution in [2.45, 2.75) is 51.5 Å². The number of fused-ring (bicyclic) bond motifs is 2. The Balaban J connectivity index is 1.72. The van der Waals surface area contributed by atoms with E-state index in [1.807, 2.05) is 23.9 Å². The molecule has 0 aliphatic carbocycles. The van der Waals surface area contributed by atoms with Crippen LogP contribution >= 0.6 is 11.8 Å². The van der Waals surface area contributed by atoms with E-state index in [9.17, 15) is 4.79 Å². The van der Waals surface area contributed by atoms with Gasteiger partial charge in [0.2, 0.25) is 17.1 Å². The number of anilines is 2. The standard InChI is InChI=1S/C26H29N3OS/c1-4-6-9-16-29-24-10-7-8-11-25(24)31-26(29)18-22-14-12-20-17-21(27-19(3)30)13-15-23(20)28(22)5-2/h7-8,10-15,17-18H,4-6,9,16H2,1-3H3/p+1. The van der Waals surface area contributed by atoms with E-state index in [1.54, 1.807) is 0 Å². The Kier molecular flexibility index (Phi) is 6.62. The molecule has 0 spiro atoms. The highest BCUT2D eigenvalue weighted by molar-refractivity contribution is 8.03. The third-order valence-electron chi connectivity index (χ3n) is 5.59. The lowest BCUT2D eigenvalue weighted by Crippen LogP contribution is -2.37. The molecule has 5 heteroatoms. The Bertz CT molecular complexity index is 1140. The molecule has 1 aliphatic rings. The Labute approximate surface area is 189 Å². The second-order valence-corrected chi connectivity index (χ2v) is 8.93. The summed E-state index contributed by atoms with van der Waals surface area (Å²) in [7, 11) is 0. The summed E-state index contributed by atoms with van der Waals surface area (Å²) in [6, 6.07) is 19.1. The summed E-state index contributed by atoms with van der Waals surface area (Å²) in [5.74, 6) is -0.0509. The van der Waals surface area contributed by atoms with E-state index in [0.29, 0.717) is 0 Å². The Morgan fingerprint density at radius 2 is 1.94 bits per heavy atom. The molecule has 1 amide bonds. The van der Waals surface area contributed by atoms with Crippen molar-refractivity contribution >= 4 is 46.0 Å². The zero-order chi connectivity index (χ0) is 21.8. The second kappa shape index (κ2) is 9.56. The number of amides is 1. The van der Waals surface area contributed by atoms with Crippen LogP contribution in [-0.4, -0.2) is 12.5 Å². The largest absolute Gasteiger partial charge is 0.335 e. The van der Waals surface area contributed by atoms with Gasteiger partial charge < -0.3 is 10.2 Å². The highest BCUT2D eigenvalue weighted by Gasteiger charge is 2.26. The SMILES string of the molecule is CCCCCN1/C(=C/c2ccc3cc(NC(C)=O)ccc3[n+]2CC)Sc2ccccc21. The van der Waals surface area contributed by atoms with E-state index in [0.717, 1.165) is 24.2 Å². The van der Waals surface area contributed by atoms with Crippen LogP contribution in [-0.2, 0) is 11.3 Å². The molecule has 1 N–H and O–H groups in total. The third-order valence-corrected chi connectivity index (χ3v) is 6.71. The van der Waals surface area contributed by atoms with Gasteiger partial charge in [0.05, 0.1) is 10.7 Å². The van der Waals surface area contributed by atoms with Gasteiger partial charge in [0.25, 0.3) is 0 Å². The summed E-state index contributed by atoms with van der Waals surface area (Å²) >= 11 is 1.86. The number of thioether (sulfide) groups is 1. The molecule has 0 atom stereocenters. The van der Waals surface area contributed by atoms with Crippen LogP contribution in [0.4, 0.5) is 11.4 Å². The van der Waals surface area contributed by atoms with Gasteiger partial charge in [-0.1, -0.05) is 43.7 Å². The van der Waals surface area contributed by atoms with Gasteiger partial charge >= 0.3 is 0 Å². The minimum Gasteiger partial charge on any atom is -0.335 e. The van der Waals surface area contributed by atoms with Crippen LogP contribution in [0.25, 0.3) is 17.0 Å². The fourth-order valence-corrected chi connectivity index (χ4v) is 5.27. The van der Waals surface area contributed by atoms with Crippen molar-refractivity contribution in [2.24, 2.45) is 0 Å². The molecule has 0 radical (unpaired) electrons. The van der Waals surface area contributed by atoms with E-state index in [2.05, 4.69) is 77.2 Å². The molecular weight excluding hydrogens is 402 g/mol. The topological polar surface area (TPSA) is 36.2 Å². The number of unbranched alkanes of at least 4 members (excludes halogenated alkanes) is 2. The van der Waals surface area contributed by atoms with Gasteiger partial charge in [-0.15, -0.1) is 0 Å². The van der Waals surface area contributed by atoms with Crippen molar-refractivity contribution in [3.05, 3.63) is 65.3 Å². The molecule has 0 fully saturated rings. The van der Waals surface area contributed by atoms with Gasteiger partial charge in [0.1, 0.15) is 6.54 Å². The molecule has 31 heavy (non-hydrogen) atoms. The molecule has 4 nitrogen and oxygen atoms in total. The molecule has 1 aromatic heterocycles. The van der Waals surface area contributed by atoms with E-state index in [4.69, 9.17) is 0 Å². The van der Waals surface area contributed by atoms with Crippen molar-refractivity contribution < 1.29 is 9.36 Å². The van der Waals surface area contributed by atoms with E-state index in [1.165, 1.54) is 53.0 Å². The fraction of sp³-hybridized carbons (Fsp3) is 0.308. The number of aryl methyl sites for hydroxylation is 1. The maximum atomic E-state index is 11.4. The van der Waals surface area contributed by atoms with Crippen molar-refractivity contribution in [1.29, 1.82) is 0 Å². The number of carbonyl (C=O) groups excluding carboxylic acids is 1. The number of benzene rings is 2. The summed E-state index contributed by atoms with van der Waals surface area (Å²) < 4.78 is 2.34. The van der Waals surface area contributed by atoms with Gasteiger partial charge in [-0.25, -0.2) is 0 Å². The van der Waals surface area contributed by atoms with Crippen LogP contribution in [0, 0.1) is 0 Å². The minimum atomic E-state index is -0.0509. The van der Waals surface area contributed by atoms with Gasteiger partial charge in [0, 0.05) is 47.6 Å². The Morgan fingerprint density at radius 1 is 1.10 bits per heavy atom. The minimum absolute atomic E-state index is 0.0509. The first-order valence-electron chi connectivity index (χ1n) is 11.1. The van der Waals surface area contributed by atoms with Gasteiger partial charge in [-0.05, 0) is 43.7 Å². The lowest BCUT2D eigenvalue weighted by molar-refractivity contribution is -0.669. The number of carbonyl (C=O) groups is 1. The first-order valence-corrected chi connectivity index (χ1v) is 11.9. The van der Waals surface area contributed by atoms with Gasteiger partial charge in [0.15, 0.2) is 0 Å². The Morgan fingerprint density at radius 3 is 2.71 bits per heavy atom. The lowest BCUT2D eigenvalue weighted by atomic mass is 10.1. The third kappa shape index (κ3) is 4.62. The number of pyridine rings is 1. The highest BCUT2D eigenvalue weighted by Crippen LogP contribution is 2.46. The van der Waals surface area contributed by atoms with Gasteiger partial charge in [-0.2, -0.15) is 4.57 Å². The number of para-hydroxylation sites is 1. The second-order valence-electron chi connectivity index (χ2n) is 7.87. The van der Waals surface area contributed by atoms with E-state index in [-0.39, 0.29) is 5.91 Å². The molecular formula is C26H30N3OS+. The summed E-state index contributed by atoms with van der Waals surface area (Å²) in [6.07, 6.45) is 5.99. The smallest absolute Gasteiger partial charge is 0.221 e. The van der Waals surface area contributed by atoms with Crippen molar-refractivity contribution in [1.82, 2.24) is 0 Å². The van der Waals surface area contributed by atoms with Crippen LogP contribution in [0.3, 0.4) is 0 Å². The number of rotatable bonds is 7. The summed E-state index contributed by atoms with van der Waals surface area (Å²) in [5.41, 5.74) is 4.51. The summed E-state index contributed by atoms with van der Waals surface area (Å²) in [6.45, 7) is 7.89.